The summed E-state index contributed by atoms with van der Waals surface area (Å²) in [5.74, 6) is 1.74. The van der Waals surface area contributed by atoms with Crippen molar-refractivity contribution < 1.29 is 9.15 Å². The molecule has 0 unspecified atom stereocenters. The fraction of sp³-hybridized carbons (Fsp3) is 0.286. The summed E-state index contributed by atoms with van der Waals surface area (Å²) in [4.78, 5) is 2.21. The number of rotatable bonds is 4. The van der Waals surface area contributed by atoms with E-state index in [9.17, 15) is 0 Å². The topological polar surface area (TPSA) is 48.4 Å². The maximum Gasteiger partial charge on any atom is 0.124 e. The molecule has 1 atom stereocenters. The van der Waals surface area contributed by atoms with Crippen LogP contribution in [0, 0.1) is 6.92 Å². The average Bonchev–Trinajstić information content (AvgIpc) is 2.74. The summed E-state index contributed by atoms with van der Waals surface area (Å²) in [5, 5.41) is 0. The van der Waals surface area contributed by atoms with Gasteiger partial charge in [-0.2, -0.15) is 0 Å². The zero-order chi connectivity index (χ0) is 13.1. The van der Waals surface area contributed by atoms with Gasteiger partial charge in [0.15, 0.2) is 0 Å². The molecule has 0 spiro atoms. The van der Waals surface area contributed by atoms with E-state index in [-0.39, 0.29) is 6.04 Å². The van der Waals surface area contributed by atoms with Crippen LogP contribution in [0.2, 0.25) is 0 Å². The molecule has 2 rings (SSSR count). The van der Waals surface area contributed by atoms with Crippen LogP contribution in [0.1, 0.15) is 24.3 Å². The molecule has 0 aliphatic rings. The molecule has 1 heterocycles. The lowest BCUT2D eigenvalue weighted by Gasteiger charge is -2.16. The molecule has 3 nitrogen and oxygen atoms in total. The molecule has 0 aliphatic carbocycles. The van der Waals surface area contributed by atoms with E-state index in [1.807, 2.05) is 32.0 Å². The lowest BCUT2D eigenvalue weighted by molar-refractivity contribution is 0.405. The second kappa shape index (κ2) is 5.50. The number of furan rings is 1. The minimum Gasteiger partial charge on any atom is -0.496 e. The summed E-state index contributed by atoms with van der Waals surface area (Å²) in [6.07, 6.45) is 1.70. The summed E-state index contributed by atoms with van der Waals surface area (Å²) >= 11 is 1.65. The smallest absolute Gasteiger partial charge is 0.124 e. The van der Waals surface area contributed by atoms with Crippen LogP contribution in [0.25, 0.3) is 0 Å². The molecule has 1 aromatic heterocycles. The number of methoxy groups -OCH3 is 1. The third-order valence-corrected chi connectivity index (χ3v) is 3.95. The van der Waals surface area contributed by atoms with E-state index in [1.54, 1.807) is 25.1 Å². The summed E-state index contributed by atoms with van der Waals surface area (Å²) in [6.45, 7) is 3.91. The highest BCUT2D eigenvalue weighted by Gasteiger charge is 2.15. The Bertz CT molecular complexity index is 534. The highest BCUT2D eigenvalue weighted by atomic mass is 32.2. The van der Waals surface area contributed by atoms with Crippen molar-refractivity contribution in [2.75, 3.05) is 7.11 Å². The minimum atomic E-state index is -0.0733. The second-order valence-electron chi connectivity index (χ2n) is 4.10. The van der Waals surface area contributed by atoms with Gasteiger partial charge in [-0.3, -0.25) is 0 Å². The molecule has 0 amide bonds. The lowest BCUT2D eigenvalue weighted by Crippen LogP contribution is -2.08. The SMILES string of the molecule is COc1cccc(Sc2ccoc2C)c1[C@H](C)N. The Morgan fingerprint density at radius 3 is 2.61 bits per heavy atom. The third-order valence-electron chi connectivity index (χ3n) is 2.73. The van der Waals surface area contributed by atoms with E-state index in [4.69, 9.17) is 14.9 Å². The molecule has 0 radical (unpaired) electrons. The molecule has 2 aromatic rings. The molecule has 18 heavy (non-hydrogen) atoms. The van der Waals surface area contributed by atoms with Gasteiger partial charge in [0.05, 0.1) is 18.3 Å². The summed E-state index contributed by atoms with van der Waals surface area (Å²) in [7, 11) is 1.67. The van der Waals surface area contributed by atoms with Gasteiger partial charge >= 0.3 is 0 Å². The van der Waals surface area contributed by atoms with Gasteiger partial charge in [-0.15, -0.1) is 0 Å². The maximum absolute atomic E-state index is 6.04. The van der Waals surface area contributed by atoms with E-state index in [2.05, 4.69) is 6.07 Å². The van der Waals surface area contributed by atoms with Crippen LogP contribution in [0.5, 0.6) is 5.75 Å². The van der Waals surface area contributed by atoms with Gasteiger partial charge in [0.2, 0.25) is 0 Å². The van der Waals surface area contributed by atoms with Crippen molar-refractivity contribution in [3.8, 4) is 5.75 Å². The molecule has 0 aliphatic heterocycles. The second-order valence-corrected chi connectivity index (χ2v) is 5.19. The Kier molecular flexibility index (Phi) is 3.99. The molecule has 4 heteroatoms. The molecule has 0 saturated heterocycles. The van der Waals surface area contributed by atoms with Gasteiger partial charge in [-0.25, -0.2) is 0 Å². The van der Waals surface area contributed by atoms with E-state index in [1.165, 1.54) is 0 Å². The molecule has 0 fully saturated rings. The van der Waals surface area contributed by atoms with Crippen LogP contribution in [-0.4, -0.2) is 7.11 Å². The standard InChI is InChI=1S/C14H17NO2S/c1-9(15)14-11(16-3)5-4-6-13(14)18-12-7-8-17-10(12)2/h4-9H,15H2,1-3H3/t9-/m0/s1. The predicted molar refractivity (Wildman–Crippen MR) is 73.2 cm³/mol. The first-order valence-corrected chi connectivity index (χ1v) is 6.59. The zero-order valence-electron chi connectivity index (χ0n) is 10.8. The number of ether oxygens (including phenoxy) is 1. The van der Waals surface area contributed by atoms with E-state index in [0.29, 0.717) is 0 Å². The van der Waals surface area contributed by atoms with E-state index < -0.39 is 0 Å². The van der Waals surface area contributed by atoms with Gasteiger partial charge in [-0.1, -0.05) is 17.8 Å². The monoisotopic (exact) mass is 263 g/mol. The Hall–Kier alpha value is -1.39. The Morgan fingerprint density at radius 1 is 1.28 bits per heavy atom. The number of nitrogens with two attached hydrogens (primary N) is 1. The van der Waals surface area contributed by atoms with Gasteiger partial charge in [0, 0.05) is 16.5 Å². The summed E-state index contributed by atoms with van der Waals surface area (Å²) in [5.41, 5.74) is 7.07. The van der Waals surface area contributed by atoms with Crippen molar-refractivity contribution in [3.05, 3.63) is 41.9 Å². The lowest BCUT2D eigenvalue weighted by atomic mass is 10.1. The summed E-state index contributed by atoms with van der Waals surface area (Å²) in [6, 6.07) is 7.85. The van der Waals surface area contributed by atoms with Crippen molar-refractivity contribution in [2.24, 2.45) is 5.73 Å². The molecule has 0 bridgehead atoms. The van der Waals surface area contributed by atoms with Gasteiger partial charge in [0.25, 0.3) is 0 Å². The average molecular weight is 263 g/mol. The largest absolute Gasteiger partial charge is 0.496 e. The quantitative estimate of drug-likeness (QED) is 0.912. The normalized spacial score (nSPS) is 12.4. The molecular weight excluding hydrogens is 246 g/mol. The molecule has 1 aromatic carbocycles. The Labute approximate surface area is 111 Å². The first-order chi connectivity index (χ1) is 8.63. The summed E-state index contributed by atoms with van der Waals surface area (Å²) < 4.78 is 10.7. The molecule has 96 valence electrons. The zero-order valence-corrected chi connectivity index (χ0v) is 11.6. The minimum absolute atomic E-state index is 0.0733. The fourth-order valence-electron chi connectivity index (χ4n) is 1.84. The first kappa shape index (κ1) is 13.1. The highest BCUT2D eigenvalue weighted by Crippen LogP contribution is 2.38. The van der Waals surface area contributed by atoms with Gasteiger partial charge in [0.1, 0.15) is 11.5 Å². The Morgan fingerprint density at radius 2 is 2.06 bits per heavy atom. The van der Waals surface area contributed by atoms with Gasteiger partial charge < -0.3 is 14.9 Å². The van der Waals surface area contributed by atoms with Crippen LogP contribution in [0.3, 0.4) is 0 Å². The number of aryl methyl sites for hydroxylation is 1. The number of benzene rings is 1. The third kappa shape index (κ3) is 2.54. The first-order valence-electron chi connectivity index (χ1n) is 5.78. The van der Waals surface area contributed by atoms with Crippen molar-refractivity contribution in [1.29, 1.82) is 0 Å². The number of hydrogen-bond donors (Lipinski definition) is 1. The number of hydrogen-bond acceptors (Lipinski definition) is 4. The van der Waals surface area contributed by atoms with Crippen LogP contribution < -0.4 is 10.5 Å². The molecule has 2 N–H and O–H groups in total. The molecule has 0 saturated carbocycles. The molecular formula is C14H17NO2S. The van der Waals surface area contributed by atoms with E-state index in [0.717, 1.165) is 26.9 Å². The van der Waals surface area contributed by atoms with Crippen LogP contribution in [-0.2, 0) is 0 Å². The fourth-order valence-corrected chi connectivity index (χ4v) is 2.93. The van der Waals surface area contributed by atoms with Crippen molar-refractivity contribution in [1.82, 2.24) is 0 Å². The highest BCUT2D eigenvalue weighted by molar-refractivity contribution is 7.99. The Balaban J connectivity index is 2.41. The van der Waals surface area contributed by atoms with Crippen molar-refractivity contribution in [2.45, 2.75) is 29.7 Å². The van der Waals surface area contributed by atoms with Crippen LogP contribution >= 0.6 is 11.8 Å². The van der Waals surface area contributed by atoms with Crippen LogP contribution in [0.4, 0.5) is 0 Å². The maximum atomic E-state index is 6.04. The van der Waals surface area contributed by atoms with Crippen molar-refractivity contribution >= 4 is 11.8 Å². The predicted octanol–water partition coefficient (Wildman–Crippen LogP) is 3.77. The van der Waals surface area contributed by atoms with Crippen molar-refractivity contribution in [3.63, 3.8) is 0 Å². The van der Waals surface area contributed by atoms with Crippen LogP contribution in [0.15, 0.2) is 44.7 Å². The van der Waals surface area contributed by atoms with Gasteiger partial charge in [-0.05, 0) is 32.0 Å². The van der Waals surface area contributed by atoms with E-state index >= 15 is 0 Å².